The van der Waals surface area contributed by atoms with E-state index in [9.17, 15) is 5.11 Å². The number of aliphatic hydroxyl groups excluding tert-OH is 1. The average molecular weight is 212 g/mol. The van der Waals surface area contributed by atoms with Crippen LogP contribution in [0.4, 0.5) is 0 Å². The fourth-order valence-corrected chi connectivity index (χ4v) is 2.24. The van der Waals surface area contributed by atoms with Crippen LogP contribution in [0.2, 0.25) is 5.02 Å². The van der Waals surface area contributed by atoms with Crippen LogP contribution in [-0.4, -0.2) is 18.2 Å². The fraction of sp³-hybridized carbons (Fsp3) is 0.455. The van der Waals surface area contributed by atoms with Crippen molar-refractivity contribution in [2.45, 2.75) is 25.0 Å². The SMILES string of the molecule is CNC1CCc2ccc(Cl)cc2C1O. The Morgan fingerprint density at radius 2 is 2.29 bits per heavy atom. The minimum absolute atomic E-state index is 0.154. The predicted molar refractivity (Wildman–Crippen MR) is 57.6 cm³/mol. The molecule has 0 spiro atoms. The number of likely N-dealkylation sites (N-methyl/N-ethyl adjacent to an activating group) is 1. The average Bonchev–Trinajstić information content (AvgIpc) is 2.20. The lowest BCUT2D eigenvalue weighted by atomic mass is 9.86. The van der Waals surface area contributed by atoms with Crippen LogP contribution in [-0.2, 0) is 6.42 Å². The van der Waals surface area contributed by atoms with Crippen LogP contribution in [0.5, 0.6) is 0 Å². The van der Waals surface area contributed by atoms with Crippen LogP contribution in [0.25, 0.3) is 0 Å². The number of halogens is 1. The van der Waals surface area contributed by atoms with E-state index >= 15 is 0 Å². The number of hydrogen-bond donors (Lipinski definition) is 2. The first-order valence-corrected chi connectivity index (χ1v) is 5.24. The normalized spacial score (nSPS) is 25.9. The third kappa shape index (κ3) is 1.65. The molecule has 0 saturated carbocycles. The van der Waals surface area contributed by atoms with Crippen molar-refractivity contribution in [2.75, 3.05) is 7.05 Å². The Morgan fingerprint density at radius 1 is 1.50 bits per heavy atom. The Hall–Kier alpha value is -0.570. The molecule has 2 nitrogen and oxygen atoms in total. The summed E-state index contributed by atoms with van der Waals surface area (Å²) < 4.78 is 0. The standard InChI is InChI=1S/C11H14ClNO/c1-13-10-5-3-7-2-4-8(12)6-9(7)11(10)14/h2,4,6,10-11,13-14H,3,5H2,1H3. The summed E-state index contributed by atoms with van der Waals surface area (Å²) in [5.41, 5.74) is 2.19. The van der Waals surface area contributed by atoms with Gasteiger partial charge in [-0.25, -0.2) is 0 Å². The molecule has 2 rings (SSSR count). The van der Waals surface area contributed by atoms with Crippen molar-refractivity contribution in [1.82, 2.24) is 5.32 Å². The summed E-state index contributed by atoms with van der Waals surface area (Å²) in [7, 11) is 1.88. The van der Waals surface area contributed by atoms with Gasteiger partial charge in [0.1, 0.15) is 0 Å². The van der Waals surface area contributed by atoms with Crippen molar-refractivity contribution in [2.24, 2.45) is 0 Å². The molecule has 14 heavy (non-hydrogen) atoms. The van der Waals surface area contributed by atoms with E-state index in [0.717, 1.165) is 18.4 Å². The number of aliphatic hydroxyl groups is 1. The summed E-state index contributed by atoms with van der Waals surface area (Å²) in [6, 6.07) is 5.91. The van der Waals surface area contributed by atoms with E-state index in [0.29, 0.717) is 5.02 Å². The second-order valence-corrected chi connectivity index (χ2v) is 4.16. The molecule has 1 aromatic carbocycles. The van der Waals surface area contributed by atoms with Crippen molar-refractivity contribution in [1.29, 1.82) is 0 Å². The van der Waals surface area contributed by atoms with Crippen LogP contribution in [0, 0.1) is 0 Å². The highest BCUT2D eigenvalue weighted by Gasteiger charge is 2.26. The van der Waals surface area contributed by atoms with Gasteiger partial charge in [0, 0.05) is 11.1 Å². The van der Waals surface area contributed by atoms with Gasteiger partial charge in [-0.15, -0.1) is 0 Å². The predicted octanol–water partition coefficient (Wildman–Crippen LogP) is 1.91. The summed E-state index contributed by atoms with van der Waals surface area (Å²) in [6.45, 7) is 0. The second kappa shape index (κ2) is 3.89. The topological polar surface area (TPSA) is 32.3 Å². The summed E-state index contributed by atoms with van der Waals surface area (Å²) in [5, 5.41) is 13.8. The molecular weight excluding hydrogens is 198 g/mol. The van der Waals surface area contributed by atoms with Crippen molar-refractivity contribution in [3.63, 3.8) is 0 Å². The first-order chi connectivity index (χ1) is 6.72. The molecular formula is C11H14ClNO. The van der Waals surface area contributed by atoms with Crippen LogP contribution in [0.3, 0.4) is 0 Å². The zero-order valence-electron chi connectivity index (χ0n) is 8.13. The Kier molecular flexibility index (Phi) is 2.77. The number of benzene rings is 1. The molecule has 0 saturated heterocycles. The minimum atomic E-state index is -0.428. The molecule has 0 amide bonds. The van der Waals surface area contributed by atoms with Gasteiger partial charge >= 0.3 is 0 Å². The lowest BCUT2D eigenvalue weighted by Crippen LogP contribution is -2.35. The van der Waals surface area contributed by atoms with Gasteiger partial charge in [-0.05, 0) is 43.1 Å². The van der Waals surface area contributed by atoms with Crippen molar-refractivity contribution in [3.8, 4) is 0 Å². The van der Waals surface area contributed by atoms with Crippen molar-refractivity contribution in [3.05, 3.63) is 34.3 Å². The first-order valence-electron chi connectivity index (χ1n) is 4.86. The Bertz CT molecular complexity index is 340. The number of aryl methyl sites for hydroxylation is 1. The molecule has 3 heteroatoms. The number of rotatable bonds is 1. The van der Waals surface area contributed by atoms with E-state index in [1.165, 1.54) is 5.56 Å². The van der Waals surface area contributed by atoms with Gasteiger partial charge < -0.3 is 10.4 Å². The Labute approximate surface area is 88.9 Å². The molecule has 2 atom stereocenters. The van der Waals surface area contributed by atoms with E-state index in [1.807, 2.05) is 25.2 Å². The molecule has 0 aliphatic heterocycles. The van der Waals surface area contributed by atoms with E-state index < -0.39 is 6.10 Å². The molecule has 2 unspecified atom stereocenters. The smallest absolute Gasteiger partial charge is 0.0946 e. The molecule has 2 N–H and O–H groups in total. The zero-order chi connectivity index (χ0) is 10.1. The molecule has 1 aromatic rings. The summed E-state index contributed by atoms with van der Waals surface area (Å²) in [5.74, 6) is 0. The molecule has 0 bridgehead atoms. The van der Waals surface area contributed by atoms with Gasteiger partial charge in [0.2, 0.25) is 0 Å². The minimum Gasteiger partial charge on any atom is -0.387 e. The fourth-order valence-electron chi connectivity index (χ4n) is 2.06. The van der Waals surface area contributed by atoms with E-state index in [2.05, 4.69) is 5.32 Å². The zero-order valence-corrected chi connectivity index (χ0v) is 8.88. The van der Waals surface area contributed by atoms with Crippen molar-refractivity contribution >= 4 is 11.6 Å². The maximum absolute atomic E-state index is 10.0. The van der Waals surface area contributed by atoms with Gasteiger partial charge in [-0.3, -0.25) is 0 Å². The first kappa shape index (κ1) is 9.97. The Morgan fingerprint density at radius 3 is 3.00 bits per heavy atom. The van der Waals surface area contributed by atoms with Gasteiger partial charge in [0.15, 0.2) is 0 Å². The summed E-state index contributed by atoms with van der Waals surface area (Å²) in [6.07, 6.45) is 1.56. The quantitative estimate of drug-likeness (QED) is 0.744. The number of hydrogen-bond acceptors (Lipinski definition) is 2. The lowest BCUT2D eigenvalue weighted by molar-refractivity contribution is 0.119. The lowest BCUT2D eigenvalue weighted by Gasteiger charge is -2.29. The second-order valence-electron chi connectivity index (χ2n) is 3.72. The van der Waals surface area contributed by atoms with Crippen LogP contribution >= 0.6 is 11.6 Å². The van der Waals surface area contributed by atoms with Gasteiger partial charge in [-0.2, -0.15) is 0 Å². The third-order valence-electron chi connectivity index (χ3n) is 2.90. The highest BCUT2D eigenvalue weighted by atomic mass is 35.5. The maximum atomic E-state index is 10.0. The maximum Gasteiger partial charge on any atom is 0.0946 e. The van der Waals surface area contributed by atoms with Gasteiger partial charge in [-0.1, -0.05) is 17.7 Å². The molecule has 0 radical (unpaired) electrons. The van der Waals surface area contributed by atoms with E-state index in [1.54, 1.807) is 0 Å². The molecule has 1 aliphatic rings. The molecule has 0 fully saturated rings. The third-order valence-corrected chi connectivity index (χ3v) is 3.14. The number of fused-ring (bicyclic) bond motifs is 1. The van der Waals surface area contributed by atoms with Crippen LogP contribution < -0.4 is 5.32 Å². The summed E-state index contributed by atoms with van der Waals surface area (Å²) >= 11 is 5.90. The van der Waals surface area contributed by atoms with Gasteiger partial charge in [0.05, 0.1) is 6.10 Å². The van der Waals surface area contributed by atoms with Gasteiger partial charge in [0.25, 0.3) is 0 Å². The van der Waals surface area contributed by atoms with Crippen LogP contribution in [0.15, 0.2) is 18.2 Å². The molecule has 1 aliphatic carbocycles. The highest BCUT2D eigenvalue weighted by molar-refractivity contribution is 6.30. The molecule has 0 heterocycles. The largest absolute Gasteiger partial charge is 0.387 e. The monoisotopic (exact) mass is 211 g/mol. The van der Waals surface area contributed by atoms with Crippen LogP contribution in [0.1, 0.15) is 23.7 Å². The van der Waals surface area contributed by atoms with E-state index in [4.69, 9.17) is 11.6 Å². The van der Waals surface area contributed by atoms with Crippen molar-refractivity contribution < 1.29 is 5.11 Å². The highest BCUT2D eigenvalue weighted by Crippen LogP contribution is 2.31. The molecule has 0 aromatic heterocycles. The van der Waals surface area contributed by atoms with E-state index in [-0.39, 0.29) is 6.04 Å². The Balaban J connectivity index is 2.38. The molecule has 76 valence electrons. The summed E-state index contributed by atoms with van der Waals surface area (Å²) in [4.78, 5) is 0. The number of nitrogens with one attached hydrogen (secondary N) is 1.